The number of carbonyl (C=O) groups is 1. The third-order valence-corrected chi connectivity index (χ3v) is 3.49. The first-order valence-corrected chi connectivity index (χ1v) is 7.05. The van der Waals surface area contributed by atoms with Crippen molar-refractivity contribution in [3.63, 3.8) is 0 Å². The molecule has 1 aromatic carbocycles. The Labute approximate surface area is 128 Å². The van der Waals surface area contributed by atoms with Crippen molar-refractivity contribution in [2.24, 2.45) is 0 Å². The Morgan fingerprint density at radius 3 is 2.68 bits per heavy atom. The maximum absolute atomic E-state index is 11.3. The number of aliphatic hydroxyl groups excluding tert-OH is 3. The summed E-state index contributed by atoms with van der Waals surface area (Å²) in [7, 11) is 0. The highest BCUT2D eigenvalue weighted by Gasteiger charge is 2.46. The molecule has 1 heterocycles. The van der Waals surface area contributed by atoms with Crippen molar-refractivity contribution in [3.05, 3.63) is 29.8 Å². The summed E-state index contributed by atoms with van der Waals surface area (Å²) in [6.45, 7) is 2.72. The molecule has 1 aliphatic rings. The lowest BCUT2D eigenvalue weighted by atomic mass is 9.97. The SMILES string of the molecule is CC(=O)N[C@H]1[C@H](Oc2cccc(C)c2)O[C@H](CO)[C@H](O)[C@@H]1O. The molecule has 0 aromatic heterocycles. The molecule has 7 nitrogen and oxygen atoms in total. The number of nitrogens with one attached hydrogen (secondary N) is 1. The number of ether oxygens (including phenoxy) is 2. The lowest BCUT2D eigenvalue weighted by Gasteiger charge is -2.42. The first-order chi connectivity index (χ1) is 10.4. The lowest BCUT2D eigenvalue weighted by Crippen LogP contribution is -2.65. The van der Waals surface area contributed by atoms with Gasteiger partial charge in [-0.1, -0.05) is 12.1 Å². The van der Waals surface area contributed by atoms with E-state index in [0.717, 1.165) is 5.56 Å². The van der Waals surface area contributed by atoms with Crippen molar-refractivity contribution < 1.29 is 29.6 Å². The Kier molecular flexibility index (Phi) is 5.36. The van der Waals surface area contributed by atoms with Crippen molar-refractivity contribution in [3.8, 4) is 5.75 Å². The first-order valence-electron chi connectivity index (χ1n) is 7.05. The van der Waals surface area contributed by atoms with E-state index in [2.05, 4.69) is 5.32 Å². The Bertz CT molecular complexity index is 523. The molecule has 1 saturated heterocycles. The number of benzene rings is 1. The highest BCUT2D eigenvalue weighted by Crippen LogP contribution is 2.24. The molecule has 0 unspecified atom stereocenters. The van der Waals surface area contributed by atoms with Gasteiger partial charge in [0.2, 0.25) is 12.2 Å². The minimum Gasteiger partial charge on any atom is -0.463 e. The van der Waals surface area contributed by atoms with E-state index in [1.165, 1.54) is 6.92 Å². The number of hydrogen-bond donors (Lipinski definition) is 4. The molecular formula is C15H21NO6. The minimum atomic E-state index is -1.32. The molecule has 22 heavy (non-hydrogen) atoms. The van der Waals surface area contributed by atoms with E-state index in [1.807, 2.05) is 13.0 Å². The van der Waals surface area contributed by atoms with E-state index in [0.29, 0.717) is 5.75 Å². The molecule has 122 valence electrons. The lowest BCUT2D eigenvalue weighted by molar-refractivity contribution is -0.244. The molecule has 1 fully saturated rings. The first kappa shape index (κ1) is 16.7. The van der Waals surface area contributed by atoms with Crippen LogP contribution in [0.5, 0.6) is 5.75 Å². The zero-order valence-electron chi connectivity index (χ0n) is 12.5. The zero-order valence-corrected chi connectivity index (χ0v) is 12.5. The summed E-state index contributed by atoms with van der Waals surface area (Å²) in [6, 6.07) is 6.24. The summed E-state index contributed by atoms with van der Waals surface area (Å²) in [4.78, 5) is 11.3. The van der Waals surface area contributed by atoms with Gasteiger partial charge in [0.25, 0.3) is 0 Å². The van der Waals surface area contributed by atoms with E-state index in [9.17, 15) is 20.1 Å². The second kappa shape index (κ2) is 7.06. The average molecular weight is 311 g/mol. The maximum Gasteiger partial charge on any atom is 0.223 e. The molecule has 0 bridgehead atoms. The summed E-state index contributed by atoms with van der Waals surface area (Å²) in [5, 5.41) is 31.8. The quantitative estimate of drug-likeness (QED) is 0.587. The fourth-order valence-corrected chi connectivity index (χ4v) is 2.39. The van der Waals surface area contributed by atoms with Crippen molar-refractivity contribution in [2.75, 3.05) is 6.61 Å². The molecule has 1 aromatic rings. The van der Waals surface area contributed by atoms with Crippen molar-refractivity contribution in [1.29, 1.82) is 0 Å². The van der Waals surface area contributed by atoms with Crippen LogP contribution in [0.4, 0.5) is 0 Å². The van der Waals surface area contributed by atoms with Gasteiger partial charge in [-0.25, -0.2) is 0 Å². The van der Waals surface area contributed by atoms with E-state index >= 15 is 0 Å². The monoisotopic (exact) mass is 311 g/mol. The molecule has 0 aliphatic carbocycles. The number of aryl methyl sites for hydroxylation is 1. The molecular weight excluding hydrogens is 290 g/mol. The molecule has 0 radical (unpaired) electrons. The number of amides is 1. The molecule has 1 aliphatic heterocycles. The van der Waals surface area contributed by atoms with Crippen molar-refractivity contribution >= 4 is 5.91 Å². The van der Waals surface area contributed by atoms with Gasteiger partial charge in [-0.2, -0.15) is 0 Å². The molecule has 2 rings (SSSR count). The van der Waals surface area contributed by atoms with Crippen LogP contribution in [0.25, 0.3) is 0 Å². The molecule has 0 saturated carbocycles. The smallest absolute Gasteiger partial charge is 0.223 e. The number of aliphatic hydroxyl groups is 3. The molecule has 0 spiro atoms. The summed E-state index contributed by atoms with van der Waals surface area (Å²) in [6.07, 6.45) is -4.65. The van der Waals surface area contributed by atoms with Crippen LogP contribution >= 0.6 is 0 Å². The minimum absolute atomic E-state index is 0.389. The Morgan fingerprint density at radius 1 is 1.36 bits per heavy atom. The summed E-state index contributed by atoms with van der Waals surface area (Å²) < 4.78 is 11.2. The molecule has 1 amide bonds. The van der Waals surface area contributed by atoms with Crippen LogP contribution in [-0.4, -0.2) is 58.5 Å². The Balaban J connectivity index is 2.21. The molecule has 7 heteroatoms. The van der Waals surface area contributed by atoms with E-state index in [1.54, 1.807) is 18.2 Å². The summed E-state index contributed by atoms with van der Waals surface area (Å²) >= 11 is 0. The van der Waals surface area contributed by atoms with Gasteiger partial charge in [0.15, 0.2) is 0 Å². The van der Waals surface area contributed by atoms with Crippen LogP contribution in [0.15, 0.2) is 24.3 Å². The van der Waals surface area contributed by atoms with Crippen LogP contribution < -0.4 is 10.1 Å². The second-order valence-electron chi connectivity index (χ2n) is 5.37. The van der Waals surface area contributed by atoms with Crippen molar-refractivity contribution in [1.82, 2.24) is 5.32 Å². The van der Waals surface area contributed by atoms with Gasteiger partial charge in [-0.3, -0.25) is 4.79 Å². The van der Waals surface area contributed by atoms with Gasteiger partial charge in [-0.15, -0.1) is 0 Å². The van der Waals surface area contributed by atoms with Gasteiger partial charge >= 0.3 is 0 Å². The van der Waals surface area contributed by atoms with E-state index in [4.69, 9.17) is 9.47 Å². The predicted molar refractivity (Wildman–Crippen MR) is 77.2 cm³/mol. The van der Waals surface area contributed by atoms with E-state index in [-0.39, 0.29) is 5.91 Å². The highest BCUT2D eigenvalue weighted by atomic mass is 16.7. The predicted octanol–water partition coefficient (Wildman–Crippen LogP) is -0.682. The van der Waals surface area contributed by atoms with Crippen LogP contribution in [0.3, 0.4) is 0 Å². The third-order valence-electron chi connectivity index (χ3n) is 3.49. The van der Waals surface area contributed by atoms with Gasteiger partial charge in [-0.05, 0) is 24.6 Å². The van der Waals surface area contributed by atoms with Gasteiger partial charge in [0.05, 0.1) is 6.61 Å². The fraction of sp³-hybridized carbons (Fsp3) is 0.533. The highest BCUT2D eigenvalue weighted by molar-refractivity contribution is 5.73. The van der Waals surface area contributed by atoms with Crippen LogP contribution in [-0.2, 0) is 9.53 Å². The standard InChI is InChI=1S/C15H21NO6/c1-8-4-3-5-10(6-8)21-15-12(16-9(2)18)14(20)13(19)11(7-17)22-15/h3-6,11-15,17,19-20H,7H2,1-2H3,(H,16,18)/t11-,12-,13+,14-,15-/m1/s1. The van der Waals surface area contributed by atoms with Crippen LogP contribution in [0.2, 0.25) is 0 Å². The largest absolute Gasteiger partial charge is 0.463 e. The number of rotatable bonds is 4. The number of carbonyl (C=O) groups excluding carboxylic acids is 1. The zero-order chi connectivity index (χ0) is 16.3. The average Bonchev–Trinajstić information content (AvgIpc) is 2.46. The second-order valence-corrected chi connectivity index (χ2v) is 5.37. The normalized spacial score (nSPS) is 31.6. The van der Waals surface area contributed by atoms with Crippen LogP contribution in [0.1, 0.15) is 12.5 Å². The molecule has 4 N–H and O–H groups in total. The maximum atomic E-state index is 11.3. The van der Waals surface area contributed by atoms with Gasteiger partial charge in [0, 0.05) is 6.92 Å². The fourth-order valence-electron chi connectivity index (χ4n) is 2.39. The van der Waals surface area contributed by atoms with Gasteiger partial charge < -0.3 is 30.1 Å². The number of hydrogen-bond acceptors (Lipinski definition) is 6. The van der Waals surface area contributed by atoms with Crippen LogP contribution in [0, 0.1) is 6.92 Å². The topological polar surface area (TPSA) is 108 Å². The summed E-state index contributed by atoms with van der Waals surface area (Å²) in [5.74, 6) is 0.112. The van der Waals surface area contributed by atoms with Gasteiger partial charge in [0.1, 0.15) is 30.1 Å². The third kappa shape index (κ3) is 3.75. The molecule has 5 atom stereocenters. The summed E-state index contributed by atoms with van der Waals surface area (Å²) in [5.41, 5.74) is 0.976. The van der Waals surface area contributed by atoms with E-state index < -0.39 is 37.3 Å². The van der Waals surface area contributed by atoms with Crippen molar-refractivity contribution in [2.45, 2.75) is 44.5 Å². The Hall–Kier alpha value is -1.67. The Morgan fingerprint density at radius 2 is 2.09 bits per heavy atom.